The van der Waals surface area contributed by atoms with E-state index in [9.17, 15) is 18.0 Å². The van der Waals surface area contributed by atoms with Gasteiger partial charge in [0.1, 0.15) is 5.54 Å². The summed E-state index contributed by atoms with van der Waals surface area (Å²) in [6.45, 7) is 9.07. The lowest BCUT2D eigenvalue weighted by molar-refractivity contribution is -0.137. The Bertz CT molecular complexity index is 1100. The third-order valence-electron chi connectivity index (χ3n) is 4.97. The van der Waals surface area contributed by atoms with E-state index in [4.69, 9.17) is 17.5 Å². The number of thiocarbonyl (C=S) groups is 1. The van der Waals surface area contributed by atoms with Crippen molar-refractivity contribution < 1.29 is 18.0 Å². The molecule has 8 heteroatoms. The molecule has 30 heavy (non-hydrogen) atoms. The fraction of sp³-hybridized carbons (Fsp3) is 0.227. The van der Waals surface area contributed by atoms with Gasteiger partial charge in [0, 0.05) is 5.69 Å². The molecule has 4 nitrogen and oxygen atoms in total. The summed E-state index contributed by atoms with van der Waals surface area (Å²) in [7, 11) is 0. The summed E-state index contributed by atoms with van der Waals surface area (Å²) in [5.74, 6) is -0.464. The molecule has 1 fully saturated rings. The van der Waals surface area contributed by atoms with Crippen molar-refractivity contribution in [3.63, 3.8) is 0 Å². The maximum atomic E-state index is 13.4. The molecule has 0 aromatic heterocycles. The van der Waals surface area contributed by atoms with Gasteiger partial charge in [0.05, 0.1) is 22.9 Å². The van der Waals surface area contributed by atoms with E-state index in [0.717, 1.165) is 28.2 Å². The molecule has 1 aliphatic heterocycles. The van der Waals surface area contributed by atoms with E-state index >= 15 is 0 Å². The van der Waals surface area contributed by atoms with Crippen molar-refractivity contribution in [2.24, 2.45) is 0 Å². The quantitative estimate of drug-likeness (QED) is 0.602. The Balaban J connectivity index is 2.09. The monoisotopic (exact) mass is 429 g/mol. The van der Waals surface area contributed by atoms with Gasteiger partial charge in [-0.05, 0) is 68.9 Å². The van der Waals surface area contributed by atoms with Crippen LogP contribution < -0.4 is 9.80 Å². The largest absolute Gasteiger partial charge is 0.417 e. The van der Waals surface area contributed by atoms with E-state index in [1.54, 1.807) is 30.9 Å². The number of carbonyl (C=O) groups is 1. The van der Waals surface area contributed by atoms with Crippen LogP contribution in [-0.4, -0.2) is 16.6 Å². The lowest BCUT2D eigenvalue weighted by Crippen LogP contribution is -2.44. The average Bonchev–Trinajstić information content (AvgIpc) is 2.85. The normalized spacial score (nSPS) is 16.0. The molecule has 3 rings (SSSR count). The van der Waals surface area contributed by atoms with Crippen LogP contribution in [0.25, 0.3) is 5.57 Å². The van der Waals surface area contributed by atoms with Gasteiger partial charge in [0.15, 0.2) is 5.11 Å². The fourth-order valence-corrected chi connectivity index (χ4v) is 3.88. The summed E-state index contributed by atoms with van der Waals surface area (Å²) in [6, 6.07) is 11.9. The molecule has 0 atom stereocenters. The van der Waals surface area contributed by atoms with E-state index in [1.165, 1.54) is 12.1 Å². The van der Waals surface area contributed by atoms with Crippen molar-refractivity contribution in [2.45, 2.75) is 32.5 Å². The van der Waals surface area contributed by atoms with Gasteiger partial charge >= 0.3 is 6.18 Å². The van der Waals surface area contributed by atoms with E-state index in [1.807, 2.05) is 19.1 Å². The van der Waals surface area contributed by atoms with Gasteiger partial charge in [-0.25, -0.2) is 0 Å². The number of allylic oxidation sites excluding steroid dienone is 1. The maximum Gasteiger partial charge on any atom is 0.417 e. The van der Waals surface area contributed by atoms with E-state index < -0.39 is 28.7 Å². The van der Waals surface area contributed by atoms with Crippen LogP contribution in [0.3, 0.4) is 0 Å². The minimum absolute atomic E-state index is 0.0366. The van der Waals surface area contributed by atoms with Crippen LogP contribution in [0.2, 0.25) is 0 Å². The molecular weight excluding hydrogens is 411 g/mol. The van der Waals surface area contributed by atoms with Gasteiger partial charge in [-0.1, -0.05) is 24.3 Å². The number of nitriles is 1. The number of carbonyl (C=O) groups excluding carboxylic acids is 1. The van der Waals surface area contributed by atoms with Crippen LogP contribution >= 0.6 is 12.2 Å². The van der Waals surface area contributed by atoms with Crippen LogP contribution in [0.1, 0.15) is 37.5 Å². The topological polar surface area (TPSA) is 47.3 Å². The third kappa shape index (κ3) is 3.46. The summed E-state index contributed by atoms with van der Waals surface area (Å²) in [6.07, 6.45) is -4.74. The van der Waals surface area contributed by atoms with Crippen molar-refractivity contribution in [2.75, 3.05) is 9.80 Å². The molecule has 0 N–H and O–H groups in total. The Kier molecular flexibility index (Phi) is 5.21. The minimum atomic E-state index is -4.74. The molecule has 1 heterocycles. The number of halogens is 3. The van der Waals surface area contributed by atoms with Crippen LogP contribution in [0.5, 0.6) is 0 Å². The number of rotatable bonds is 3. The highest BCUT2D eigenvalue weighted by molar-refractivity contribution is 7.81. The lowest BCUT2D eigenvalue weighted by Gasteiger charge is -2.29. The molecule has 0 aliphatic carbocycles. The summed E-state index contributed by atoms with van der Waals surface area (Å²) < 4.78 is 40.2. The molecule has 1 saturated heterocycles. The highest BCUT2D eigenvalue weighted by Gasteiger charge is 2.50. The zero-order valence-electron chi connectivity index (χ0n) is 16.5. The van der Waals surface area contributed by atoms with Crippen LogP contribution in [-0.2, 0) is 11.0 Å². The molecule has 0 unspecified atom stereocenters. The first-order valence-electron chi connectivity index (χ1n) is 8.95. The van der Waals surface area contributed by atoms with Crippen molar-refractivity contribution in [1.29, 1.82) is 5.26 Å². The van der Waals surface area contributed by atoms with Gasteiger partial charge in [0.25, 0.3) is 5.91 Å². The summed E-state index contributed by atoms with van der Waals surface area (Å²) in [5, 5.41) is 9.07. The number of benzene rings is 2. The molecule has 2 aromatic carbocycles. The maximum absolute atomic E-state index is 13.4. The number of hydrogen-bond donors (Lipinski definition) is 0. The third-order valence-corrected chi connectivity index (χ3v) is 5.34. The molecule has 0 radical (unpaired) electrons. The summed E-state index contributed by atoms with van der Waals surface area (Å²) >= 11 is 5.50. The van der Waals surface area contributed by atoms with Gasteiger partial charge < -0.3 is 4.90 Å². The predicted octanol–water partition coefficient (Wildman–Crippen LogP) is 5.53. The second kappa shape index (κ2) is 7.26. The van der Waals surface area contributed by atoms with Gasteiger partial charge in [-0.15, -0.1) is 0 Å². The van der Waals surface area contributed by atoms with Crippen LogP contribution in [0.15, 0.2) is 49.0 Å². The minimum Gasteiger partial charge on any atom is -0.304 e. The Morgan fingerprint density at radius 3 is 2.20 bits per heavy atom. The Labute approximate surface area is 177 Å². The molecule has 0 bridgehead atoms. The highest BCUT2D eigenvalue weighted by Crippen LogP contribution is 2.39. The predicted molar refractivity (Wildman–Crippen MR) is 114 cm³/mol. The van der Waals surface area contributed by atoms with Crippen LogP contribution in [0.4, 0.5) is 24.5 Å². The summed E-state index contributed by atoms with van der Waals surface area (Å²) in [5.41, 5.74) is -0.350. The van der Waals surface area contributed by atoms with Gasteiger partial charge in [-0.2, -0.15) is 18.4 Å². The van der Waals surface area contributed by atoms with Crippen molar-refractivity contribution >= 4 is 40.2 Å². The first-order valence-corrected chi connectivity index (χ1v) is 9.36. The van der Waals surface area contributed by atoms with Crippen molar-refractivity contribution in [1.82, 2.24) is 0 Å². The molecular formula is C22H18F3N3OS. The van der Waals surface area contributed by atoms with E-state index in [-0.39, 0.29) is 10.8 Å². The van der Waals surface area contributed by atoms with E-state index in [0.29, 0.717) is 5.69 Å². The number of nitrogens with zero attached hydrogens (tertiary/aromatic N) is 3. The molecule has 1 amide bonds. The molecule has 0 spiro atoms. The fourth-order valence-electron chi connectivity index (χ4n) is 3.35. The van der Waals surface area contributed by atoms with Crippen LogP contribution in [0, 0.1) is 11.3 Å². The second-order valence-corrected chi connectivity index (χ2v) is 7.85. The average molecular weight is 429 g/mol. The molecule has 1 aliphatic rings. The Hall–Kier alpha value is -3.18. The number of anilines is 2. The Morgan fingerprint density at radius 1 is 1.13 bits per heavy atom. The molecule has 0 saturated carbocycles. The standard InChI is InChI=1S/C22H18F3N3OS/c1-13(2)14-5-8-16(9-6-14)28-20(30)27(19(29)21(28,3)4)17-10-7-15(12-26)18(11-17)22(23,24)25/h5-11H,1H2,2-4H3. The summed E-state index contributed by atoms with van der Waals surface area (Å²) in [4.78, 5) is 15.8. The van der Waals surface area contributed by atoms with Gasteiger partial charge in [-0.3, -0.25) is 9.69 Å². The van der Waals surface area contributed by atoms with Crippen molar-refractivity contribution in [3.05, 3.63) is 65.7 Å². The molecule has 154 valence electrons. The number of amides is 1. The SMILES string of the molecule is C=C(C)c1ccc(N2C(=S)N(c3ccc(C#N)c(C(F)(F)F)c3)C(=O)C2(C)C)cc1. The smallest absolute Gasteiger partial charge is 0.304 e. The first kappa shape index (κ1) is 21.5. The zero-order chi connectivity index (χ0) is 22.4. The van der Waals surface area contributed by atoms with Crippen molar-refractivity contribution in [3.8, 4) is 6.07 Å². The Morgan fingerprint density at radius 2 is 1.70 bits per heavy atom. The second-order valence-electron chi connectivity index (χ2n) is 7.48. The lowest BCUT2D eigenvalue weighted by atomic mass is 10.0. The van der Waals surface area contributed by atoms with E-state index in [2.05, 4.69) is 6.58 Å². The van der Waals surface area contributed by atoms with Gasteiger partial charge in [0.2, 0.25) is 0 Å². The molecule has 2 aromatic rings. The number of alkyl halides is 3. The zero-order valence-corrected chi connectivity index (χ0v) is 17.4. The first-order chi connectivity index (χ1) is 13.9. The number of hydrogen-bond acceptors (Lipinski definition) is 3. The highest BCUT2D eigenvalue weighted by atomic mass is 32.1.